The summed E-state index contributed by atoms with van der Waals surface area (Å²) in [4.78, 5) is 15.1. The molecule has 3 aliphatic heterocycles. The van der Waals surface area contributed by atoms with Crippen molar-refractivity contribution >= 4 is 5.97 Å². The number of likely N-dealkylation sites (tertiary alicyclic amines) is 1. The van der Waals surface area contributed by atoms with Gasteiger partial charge in [-0.1, -0.05) is 6.92 Å². The van der Waals surface area contributed by atoms with Crippen molar-refractivity contribution in [2.24, 2.45) is 5.92 Å². The molecule has 0 bridgehead atoms. The molecule has 10 heteroatoms. The zero-order valence-electron chi connectivity index (χ0n) is 17.5. The Kier molecular flexibility index (Phi) is 6.01. The number of carbonyl (C=O) groups excluding carboxylic acids is 1. The largest absolute Gasteiger partial charge is 0.504 e. The quantitative estimate of drug-likeness (QED) is 0.407. The maximum Gasteiger partial charge on any atom is 0.339 e. The van der Waals surface area contributed by atoms with Gasteiger partial charge in [-0.2, -0.15) is 0 Å². The van der Waals surface area contributed by atoms with E-state index in [4.69, 9.17) is 14.2 Å². The van der Waals surface area contributed by atoms with Crippen molar-refractivity contribution < 1.29 is 44.5 Å². The molecule has 1 aromatic rings. The summed E-state index contributed by atoms with van der Waals surface area (Å²) in [5, 5.41) is 51.8. The molecule has 172 valence electrons. The first-order valence-corrected chi connectivity index (χ1v) is 10.5. The average Bonchev–Trinajstić information content (AvgIpc) is 2.75. The van der Waals surface area contributed by atoms with Crippen LogP contribution in [0.4, 0.5) is 0 Å². The minimum Gasteiger partial charge on any atom is -0.504 e. The average molecular weight is 439 g/mol. The van der Waals surface area contributed by atoms with Gasteiger partial charge < -0.3 is 39.7 Å². The van der Waals surface area contributed by atoms with E-state index in [2.05, 4.69) is 11.8 Å². The summed E-state index contributed by atoms with van der Waals surface area (Å²) in [6, 6.07) is 0. The molecule has 0 radical (unpaired) electrons. The first kappa shape index (κ1) is 22.1. The number of esters is 1. The molecule has 0 saturated carbocycles. The summed E-state index contributed by atoms with van der Waals surface area (Å²) < 4.78 is 16.3. The fourth-order valence-corrected chi connectivity index (χ4v) is 4.71. The fraction of sp³-hybridized carbons (Fsp3) is 0.667. The highest BCUT2D eigenvalue weighted by molar-refractivity contribution is 5.97. The zero-order chi connectivity index (χ0) is 22.4. The predicted octanol–water partition coefficient (Wildman–Crippen LogP) is 0.0313. The SMILES string of the molecule is COc1c(O)c(CN2CCC(C)CC2)c2c(c1O)[C@H]1O[C@H](CO)[C@@H](O)[C@H](O)[C@H]1OC2=O. The van der Waals surface area contributed by atoms with Gasteiger partial charge in [0.15, 0.2) is 17.6 Å². The predicted molar refractivity (Wildman–Crippen MR) is 106 cm³/mol. The lowest BCUT2D eigenvalue weighted by Crippen LogP contribution is -2.58. The lowest BCUT2D eigenvalue weighted by Gasteiger charge is -2.45. The number of aliphatic hydroxyl groups excluding tert-OH is 3. The smallest absolute Gasteiger partial charge is 0.339 e. The molecular weight excluding hydrogens is 410 g/mol. The van der Waals surface area contributed by atoms with Crippen LogP contribution < -0.4 is 4.74 Å². The van der Waals surface area contributed by atoms with Crippen LogP contribution in [0, 0.1) is 5.92 Å². The van der Waals surface area contributed by atoms with E-state index in [9.17, 15) is 30.3 Å². The number of nitrogens with zero attached hydrogens (tertiary/aromatic N) is 1. The van der Waals surface area contributed by atoms with Crippen LogP contribution in [0.1, 0.15) is 47.4 Å². The maximum atomic E-state index is 13.0. The molecule has 0 unspecified atom stereocenters. The van der Waals surface area contributed by atoms with Gasteiger partial charge in [-0.05, 0) is 31.8 Å². The first-order valence-electron chi connectivity index (χ1n) is 10.5. The number of piperidine rings is 1. The minimum absolute atomic E-state index is 0.0145. The van der Waals surface area contributed by atoms with Gasteiger partial charge in [0.2, 0.25) is 5.75 Å². The number of aromatic hydroxyl groups is 2. The molecule has 31 heavy (non-hydrogen) atoms. The third-order valence-corrected chi connectivity index (χ3v) is 6.60. The second-order valence-electron chi connectivity index (χ2n) is 8.59. The highest BCUT2D eigenvalue weighted by Crippen LogP contribution is 2.52. The highest BCUT2D eigenvalue weighted by Gasteiger charge is 2.53. The Morgan fingerprint density at radius 2 is 1.81 bits per heavy atom. The molecule has 3 aliphatic rings. The number of aliphatic hydroxyl groups is 3. The summed E-state index contributed by atoms with van der Waals surface area (Å²) in [7, 11) is 1.28. The summed E-state index contributed by atoms with van der Waals surface area (Å²) in [6.07, 6.45) is -4.63. The van der Waals surface area contributed by atoms with E-state index in [-0.39, 0.29) is 34.7 Å². The van der Waals surface area contributed by atoms with Crippen LogP contribution in [0.25, 0.3) is 0 Å². The van der Waals surface area contributed by atoms with Crippen LogP contribution in [0.2, 0.25) is 0 Å². The summed E-state index contributed by atoms with van der Waals surface area (Å²) in [6.45, 7) is 3.40. The van der Waals surface area contributed by atoms with Crippen molar-refractivity contribution in [3.63, 3.8) is 0 Å². The maximum absolute atomic E-state index is 13.0. The third-order valence-electron chi connectivity index (χ3n) is 6.60. The number of ether oxygens (including phenoxy) is 3. The Labute approximate surface area is 179 Å². The number of rotatable bonds is 4. The monoisotopic (exact) mass is 439 g/mol. The van der Waals surface area contributed by atoms with Crippen LogP contribution in [0.15, 0.2) is 0 Å². The summed E-state index contributed by atoms with van der Waals surface area (Å²) in [5.74, 6) is -1.32. The van der Waals surface area contributed by atoms with Gasteiger partial charge in [0.25, 0.3) is 0 Å². The Bertz CT molecular complexity index is 852. The molecular formula is C21H29NO9. The molecule has 10 nitrogen and oxygen atoms in total. The molecule has 2 saturated heterocycles. The Hall–Kier alpha value is -2.11. The van der Waals surface area contributed by atoms with Gasteiger partial charge in [0, 0.05) is 17.7 Å². The number of hydrogen-bond donors (Lipinski definition) is 5. The molecule has 3 heterocycles. The van der Waals surface area contributed by atoms with Crippen molar-refractivity contribution in [3.8, 4) is 17.2 Å². The normalized spacial score (nSPS) is 31.6. The van der Waals surface area contributed by atoms with E-state index in [0.717, 1.165) is 25.9 Å². The van der Waals surface area contributed by atoms with E-state index < -0.39 is 48.8 Å². The number of carbonyl (C=O) groups is 1. The summed E-state index contributed by atoms with van der Waals surface area (Å²) >= 11 is 0. The van der Waals surface area contributed by atoms with E-state index in [0.29, 0.717) is 5.92 Å². The van der Waals surface area contributed by atoms with Crippen molar-refractivity contribution in [2.45, 2.75) is 56.8 Å². The number of methoxy groups -OCH3 is 1. The molecule has 5 N–H and O–H groups in total. The van der Waals surface area contributed by atoms with Crippen molar-refractivity contribution in [1.29, 1.82) is 0 Å². The van der Waals surface area contributed by atoms with E-state index >= 15 is 0 Å². The van der Waals surface area contributed by atoms with E-state index in [1.54, 1.807) is 0 Å². The second kappa shape index (κ2) is 8.44. The van der Waals surface area contributed by atoms with Gasteiger partial charge in [-0.25, -0.2) is 4.79 Å². The summed E-state index contributed by atoms with van der Waals surface area (Å²) in [5.41, 5.74) is 0.212. The van der Waals surface area contributed by atoms with Crippen molar-refractivity contribution in [3.05, 3.63) is 16.7 Å². The molecule has 0 amide bonds. The van der Waals surface area contributed by atoms with Gasteiger partial charge in [0.1, 0.15) is 24.4 Å². The van der Waals surface area contributed by atoms with Crippen LogP contribution in [-0.4, -0.2) is 87.6 Å². The van der Waals surface area contributed by atoms with Crippen molar-refractivity contribution in [1.82, 2.24) is 4.90 Å². The lowest BCUT2D eigenvalue weighted by molar-refractivity contribution is -0.235. The first-order chi connectivity index (χ1) is 14.8. The number of hydrogen-bond acceptors (Lipinski definition) is 10. The number of phenols is 2. The zero-order valence-corrected chi connectivity index (χ0v) is 17.5. The topological polar surface area (TPSA) is 149 Å². The fourth-order valence-electron chi connectivity index (χ4n) is 4.71. The number of fused-ring (bicyclic) bond motifs is 3. The molecule has 4 rings (SSSR count). The van der Waals surface area contributed by atoms with Crippen LogP contribution >= 0.6 is 0 Å². The van der Waals surface area contributed by atoms with E-state index in [1.165, 1.54) is 7.11 Å². The van der Waals surface area contributed by atoms with Gasteiger partial charge in [-0.3, -0.25) is 4.90 Å². The molecule has 0 aromatic heterocycles. The second-order valence-corrected chi connectivity index (χ2v) is 8.59. The standard InChI is InChI=1S/C21H29NO9/c1-9-3-5-22(6-4-9)7-10-12-13(16(26)19(29-2)14(10)24)18-20(31-21(12)28)17(27)15(25)11(8-23)30-18/h9,11,15,17-18,20,23-27H,3-8H2,1-2H3/t11-,15-,17+,18-,20-/m1/s1. The van der Waals surface area contributed by atoms with Gasteiger partial charge in [-0.15, -0.1) is 0 Å². The van der Waals surface area contributed by atoms with Gasteiger partial charge in [0.05, 0.1) is 19.3 Å². The molecule has 0 aliphatic carbocycles. The molecule has 1 aromatic carbocycles. The van der Waals surface area contributed by atoms with Crippen LogP contribution in [0.5, 0.6) is 17.2 Å². The lowest BCUT2D eigenvalue weighted by atomic mass is 9.84. The van der Waals surface area contributed by atoms with E-state index in [1.807, 2.05) is 0 Å². The Balaban J connectivity index is 1.82. The molecule has 0 spiro atoms. The van der Waals surface area contributed by atoms with Crippen LogP contribution in [-0.2, 0) is 16.0 Å². The van der Waals surface area contributed by atoms with Crippen LogP contribution in [0.3, 0.4) is 0 Å². The Morgan fingerprint density at radius 1 is 1.13 bits per heavy atom. The number of phenolic OH excluding ortho intramolecular Hbond substituents is 2. The highest BCUT2D eigenvalue weighted by atomic mass is 16.6. The minimum atomic E-state index is -1.53. The molecule has 2 fully saturated rings. The van der Waals surface area contributed by atoms with Gasteiger partial charge >= 0.3 is 5.97 Å². The third kappa shape index (κ3) is 3.62. The Morgan fingerprint density at radius 3 is 2.42 bits per heavy atom. The van der Waals surface area contributed by atoms with Crippen molar-refractivity contribution in [2.75, 3.05) is 26.8 Å². The number of benzene rings is 1. The molecule has 5 atom stereocenters.